The summed E-state index contributed by atoms with van der Waals surface area (Å²) in [5.41, 5.74) is 1.98. The van der Waals surface area contributed by atoms with E-state index in [1.807, 2.05) is 18.2 Å². The van der Waals surface area contributed by atoms with Crippen LogP contribution in [0.25, 0.3) is 21.6 Å². The number of aromatic amines is 1. The summed E-state index contributed by atoms with van der Waals surface area (Å²) in [7, 11) is 0. The number of nitrogens with zero attached hydrogens (tertiary/aromatic N) is 1. The minimum atomic E-state index is -0.0431. The molecule has 0 aliphatic heterocycles. The number of benzene rings is 1. The molecule has 2 heterocycles. The first-order valence-corrected chi connectivity index (χ1v) is 10.6. The molecule has 26 heavy (non-hydrogen) atoms. The van der Waals surface area contributed by atoms with Gasteiger partial charge in [0.05, 0.1) is 17.6 Å². The highest BCUT2D eigenvalue weighted by molar-refractivity contribution is 9.10. The van der Waals surface area contributed by atoms with Gasteiger partial charge < -0.3 is 9.72 Å². The zero-order valence-corrected chi connectivity index (χ0v) is 17.3. The van der Waals surface area contributed by atoms with Crippen LogP contribution in [0.2, 0.25) is 0 Å². The number of aryl methyl sites for hydroxylation is 1. The molecule has 6 heteroatoms. The zero-order chi connectivity index (χ0) is 18.3. The Hall–Kier alpha value is -1.66. The molecule has 0 radical (unpaired) electrons. The van der Waals surface area contributed by atoms with Crippen molar-refractivity contribution in [3.8, 4) is 17.1 Å². The lowest BCUT2D eigenvalue weighted by Crippen LogP contribution is -2.13. The highest BCUT2D eigenvalue weighted by Gasteiger charge is 2.23. The van der Waals surface area contributed by atoms with Gasteiger partial charge in [0.1, 0.15) is 16.4 Å². The summed E-state index contributed by atoms with van der Waals surface area (Å²) < 4.78 is 6.79. The van der Waals surface area contributed by atoms with Gasteiger partial charge in [-0.05, 0) is 55.4 Å². The van der Waals surface area contributed by atoms with Crippen LogP contribution in [0.1, 0.15) is 37.1 Å². The van der Waals surface area contributed by atoms with Gasteiger partial charge in [0.15, 0.2) is 0 Å². The summed E-state index contributed by atoms with van der Waals surface area (Å²) in [5.74, 6) is 1.99. The van der Waals surface area contributed by atoms with E-state index < -0.39 is 0 Å². The number of ether oxygens (including phenoxy) is 1. The number of H-pyrrole nitrogens is 1. The molecule has 0 amide bonds. The van der Waals surface area contributed by atoms with Crippen LogP contribution in [0.3, 0.4) is 0 Å². The van der Waals surface area contributed by atoms with Crippen molar-refractivity contribution in [2.45, 2.75) is 39.5 Å². The molecule has 1 aliphatic carbocycles. The number of hydrogen-bond donors (Lipinski definition) is 1. The van der Waals surface area contributed by atoms with Gasteiger partial charge in [0.25, 0.3) is 5.56 Å². The molecule has 0 spiro atoms. The average Bonchev–Trinajstić information content (AvgIpc) is 2.98. The van der Waals surface area contributed by atoms with Crippen molar-refractivity contribution in [3.63, 3.8) is 0 Å². The van der Waals surface area contributed by atoms with Crippen LogP contribution in [0.4, 0.5) is 0 Å². The van der Waals surface area contributed by atoms with Crippen molar-refractivity contribution < 1.29 is 4.74 Å². The Morgan fingerprint density at radius 3 is 3.08 bits per heavy atom. The number of halogens is 1. The molecule has 1 N–H and O–H groups in total. The van der Waals surface area contributed by atoms with Gasteiger partial charge in [0.2, 0.25) is 0 Å². The van der Waals surface area contributed by atoms with E-state index in [0.717, 1.165) is 51.7 Å². The van der Waals surface area contributed by atoms with Crippen LogP contribution in [0, 0.1) is 5.92 Å². The molecule has 1 unspecified atom stereocenters. The van der Waals surface area contributed by atoms with Crippen molar-refractivity contribution >= 4 is 37.5 Å². The van der Waals surface area contributed by atoms with Crippen molar-refractivity contribution in [2.24, 2.45) is 5.92 Å². The molecular weight excluding hydrogens is 412 g/mol. The van der Waals surface area contributed by atoms with E-state index in [1.165, 1.54) is 10.4 Å². The summed E-state index contributed by atoms with van der Waals surface area (Å²) >= 11 is 5.18. The molecule has 1 atom stereocenters. The molecule has 0 fully saturated rings. The summed E-state index contributed by atoms with van der Waals surface area (Å²) in [6.45, 7) is 4.98. The van der Waals surface area contributed by atoms with E-state index in [1.54, 1.807) is 11.3 Å². The second-order valence-electron chi connectivity index (χ2n) is 6.94. The van der Waals surface area contributed by atoms with Gasteiger partial charge in [-0.1, -0.05) is 29.8 Å². The first kappa shape index (κ1) is 17.7. The van der Waals surface area contributed by atoms with Gasteiger partial charge in [-0.3, -0.25) is 4.79 Å². The molecule has 4 rings (SSSR count). The Morgan fingerprint density at radius 1 is 1.42 bits per heavy atom. The van der Waals surface area contributed by atoms with Gasteiger partial charge in [-0.2, -0.15) is 0 Å². The molecule has 0 saturated heterocycles. The molecule has 136 valence electrons. The SMILES string of the molecule is CCCOc1ccc(Br)cc1-c1nc2sc3c(c2c(=O)[nH]1)CCC(C)C3. The van der Waals surface area contributed by atoms with Crippen molar-refractivity contribution in [1.29, 1.82) is 0 Å². The predicted molar refractivity (Wildman–Crippen MR) is 110 cm³/mol. The first-order valence-electron chi connectivity index (χ1n) is 9.04. The summed E-state index contributed by atoms with van der Waals surface area (Å²) in [6.07, 6.45) is 4.09. The van der Waals surface area contributed by atoms with Crippen LogP contribution in [-0.2, 0) is 12.8 Å². The minimum Gasteiger partial charge on any atom is -0.493 e. The van der Waals surface area contributed by atoms with Crippen molar-refractivity contribution in [1.82, 2.24) is 9.97 Å². The molecule has 3 aromatic rings. The molecule has 1 aliphatic rings. The smallest absolute Gasteiger partial charge is 0.260 e. The van der Waals surface area contributed by atoms with E-state index in [2.05, 4.69) is 34.8 Å². The lowest BCUT2D eigenvalue weighted by molar-refractivity contribution is 0.318. The monoisotopic (exact) mass is 432 g/mol. The van der Waals surface area contributed by atoms with Gasteiger partial charge in [-0.15, -0.1) is 11.3 Å². The summed E-state index contributed by atoms with van der Waals surface area (Å²) in [6, 6.07) is 5.81. The van der Waals surface area contributed by atoms with Gasteiger partial charge >= 0.3 is 0 Å². The van der Waals surface area contributed by atoms with E-state index in [0.29, 0.717) is 18.3 Å². The highest BCUT2D eigenvalue weighted by Crippen LogP contribution is 2.37. The Kier molecular flexibility index (Phi) is 4.88. The fourth-order valence-corrected chi connectivity index (χ4v) is 5.25. The Balaban J connectivity index is 1.86. The summed E-state index contributed by atoms with van der Waals surface area (Å²) in [5, 5.41) is 0.784. The minimum absolute atomic E-state index is 0.0431. The summed E-state index contributed by atoms with van der Waals surface area (Å²) in [4.78, 5) is 22.8. The van der Waals surface area contributed by atoms with Crippen LogP contribution in [0.15, 0.2) is 27.5 Å². The van der Waals surface area contributed by atoms with E-state index in [4.69, 9.17) is 9.72 Å². The Morgan fingerprint density at radius 2 is 2.27 bits per heavy atom. The van der Waals surface area contributed by atoms with Crippen LogP contribution >= 0.6 is 27.3 Å². The Bertz CT molecular complexity index is 1020. The van der Waals surface area contributed by atoms with E-state index in [-0.39, 0.29) is 5.56 Å². The van der Waals surface area contributed by atoms with Crippen molar-refractivity contribution in [2.75, 3.05) is 6.61 Å². The number of hydrogen-bond acceptors (Lipinski definition) is 4. The number of rotatable bonds is 4. The van der Waals surface area contributed by atoms with Crippen molar-refractivity contribution in [3.05, 3.63) is 43.5 Å². The number of nitrogens with one attached hydrogen (secondary N) is 1. The molecule has 1 aromatic carbocycles. The Labute approximate surface area is 164 Å². The molecular formula is C20H21BrN2O2S. The molecule has 4 nitrogen and oxygen atoms in total. The third-order valence-corrected chi connectivity index (χ3v) is 6.47. The predicted octanol–water partition coefficient (Wildman–Crippen LogP) is 5.33. The van der Waals surface area contributed by atoms with Gasteiger partial charge in [0, 0.05) is 9.35 Å². The first-order chi connectivity index (χ1) is 12.6. The van der Waals surface area contributed by atoms with Crippen LogP contribution < -0.4 is 10.3 Å². The number of thiophene rings is 1. The number of fused-ring (bicyclic) bond motifs is 3. The number of aromatic nitrogens is 2. The van der Waals surface area contributed by atoms with Crippen LogP contribution in [-0.4, -0.2) is 16.6 Å². The lowest BCUT2D eigenvalue weighted by atomic mass is 9.89. The maximum atomic E-state index is 12.9. The second kappa shape index (κ2) is 7.16. The lowest BCUT2D eigenvalue weighted by Gasteiger charge is -2.17. The maximum Gasteiger partial charge on any atom is 0.260 e. The fraction of sp³-hybridized carbons (Fsp3) is 0.400. The third kappa shape index (κ3) is 3.21. The average molecular weight is 433 g/mol. The third-order valence-electron chi connectivity index (χ3n) is 4.82. The second-order valence-corrected chi connectivity index (χ2v) is 8.93. The molecule has 0 bridgehead atoms. The highest BCUT2D eigenvalue weighted by atomic mass is 79.9. The normalized spacial score (nSPS) is 16.7. The molecule has 0 saturated carbocycles. The van der Waals surface area contributed by atoms with Gasteiger partial charge in [-0.25, -0.2) is 4.98 Å². The van der Waals surface area contributed by atoms with Crippen LogP contribution in [0.5, 0.6) is 5.75 Å². The molecule has 2 aromatic heterocycles. The zero-order valence-electron chi connectivity index (χ0n) is 14.9. The topological polar surface area (TPSA) is 55.0 Å². The van der Waals surface area contributed by atoms with E-state index in [9.17, 15) is 4.79 Å². The van der Waals surface area contributed by atoms with E-state index >= 15 is 0 Å². The standard InChI is InChI=1S/C20H21BrN2O2S/c1-3-8-25-15-7-5-12(21)10-14(15)18-22-19(24)17-13-6-4-11(2)9-16(13)26-20(17)23-18/h5,7,10-11H,3-4,6,8-9H2,1-2H3,(H,22,23,24). The quantitative estimate of drug-likeness (QED) is 0.605. The maximum absolute atomic E-state index is 12.9. The largest absolute Gasteiger partial charge is 0.493 e. The fourth-order valence-electron chi connectivity index (χ4n) is 3.50.